The Hall–Kier alpha value is -2.24. The van der Waals surface area contributed by atoms with Crippen LogP contribution >= 0.6 is 0 Å². The van der Waals surface area contributed by atoms with Crippen LogP contribution in [0.25, 0.3) is 0 Å². The molecule has 0 aromatic heterocycles. The zero-order valence-electron chi connectivity index (χ0n) is 10.4. The van der Waals surface area contributed by atoms with Crippen molar-refractivity contribution in [3.8, 4) is 0 Å². The molecule has 1 aromatic carbocycles. The summed E-state index contributed by atoms with van der Waals surface area (Å²) in [6.45, 7) is -0.0931. The summed E-state index contributed by atoms with van der Waals surface area (Å²) in [7, 11) is 2.58. The third kappa shape index (κ3) is 3.97. The molecule has 0 fully saturated rings. The molecule has 0 saturated carbocycles. The maximum absolute atomic E-state index is 11.3. The van der Waals surface area contributed by atoms with Gasteiger partial charge in [0.2, 0.25) is 0 Å². The molecule has 6 nitrogen and oxygen atoms in total. The lowest BCUT2D eigenvalue weighted by molar-refractivity contribution is -0.140. The minimum Gasteiger partial charge on any atom is -0.468 e. The third-order valence-corrected chi connectivity index (χ3v) is 2.33. The van der Waals surface area contributed by atoms with Crippen molar-refractivity contribution < 1.29 is 19.1 Å². The van der Waals surface area contributed by atoms with Crippen LogP contribution in [0.1, 0.15) is 0 Å². The number of hydrogen-bond acceptors (Lipinski definition) is 6. The molecule has 6 heteroatoms. The fourth-order valence-electron chi connectivity index (χ4n) is 1.40. The highest BCUT2D eigenvalue weighted by Crippen LogP contribution is 2.17. The van der Waals surface area contributed by atoms with Crippen LogP contribution in [0.3, 0.4) is 0 Å². The minimum atomic E-state index is -0.443. The Kier molecular flexibility index (Phi) is 4.98. The normalized spacial score (nSPS) is 9.67. The first-order valence-electron chi connectivity index (χ1n) is 5.31. The minimum absolute atomic E-state index is 0.0466. The average Bonchev–Trinajstić information content (AvgIpc) is 2.37. The molecule has 1 aromatic rings. The highest BCUT2D eigenvalue weighted by atomic mass is 16.5. The van der Waals surface area contributed by atoms with E-state index in [1.54, 1.807) is 24.3 Å². The number of carbonyl (C=O) groups excluding carboxylic acids is 2. The lowest BCUT2D eigenvalue weighted by Crippen LogP contribution is -2.35. The second-order valence-corrected chi connectivity index (χ2v) is 3.60. The van der Waals surface area contributed by atoms with E-state index in [1.807, 2.05) is 0 Å². The average molecular weight is 252 g/mol. The molecular weight excluding hydrogens is 236 g/mol. The fourth-order valence-corrected chi connectivity index (χ4v) is 1.40. The van der Waals surface area contributed by atoms with Gasteiger partial charge in [0, 0.05) is 11.4 Å². The summed E-state index contributed by atoms with van der Waals surface area (Å²) < 4.78 is 9.17. The Balaban J connectivity index is 2.88. The monoisotopic (exact) mass is 252 g/mol. The van der Waals surface area contributed by atoms with Gasteiger partial charge in [-0.2, -0.15) is 0 Å². The highest BCUT2D eigenvalue weighted by Gasteiger charge is 2.16. The first-order chi connectivity index (χ1) is 8.56. The van der Waals surface area contributed by atoms with Crippen LogP contribution < -0.4 is 10.6 Å². The molecule has 0 heterocycles. The summed E-state index contributed by atoms with van der Waals surface area (Å²) in [6.07, 6.45) is 0. The van der Waals surface area contributed by atoms with E-state index in [0.29, 0.717) is 11.4 Å². The first-order valence-corrected chi connectivity index (χ1v) is 5.31. The molecular formula is C12H16N2O4. The van der Waals surface area contributed by atoms with E-state index < -0.39 is 11.9 Å². The van der Waals surface area contributed by atoms with E-state index in [4.69, 9.17) is 5.73 Å². The van der Waals surface area contributed by atoms with Gasteiger partial charge in [-0.25, -0.2) is 0 Å². The summed E-state index contributed by atoms with van der Waals surface area (Å²) in [5.41, 5.74) is 6.87. The first kappa shape index (κ1) is 13.8. The molecule has 0 saturated heterocycles. The van der Waals surface area contributed by atoms with Gasteiger partial charge >= 0.3 is 11.9 Å². The number of rotatable bonds is 5. The Labute approximate surface area is 105 Å². The maximum Gasteiger partial charge on any atom is 0.325 e. The summed E-state index contributed by atoms with van der Waals surface area (Å²) in [6, 6.07) is 6.89. The van der Waals surface area contributed by atoms with E-state index in [-0.39, 0.29) is 13.1 Å². The van der Waals surface area contributed by atoms with Crippen molar-refractivity contribution in [1.29, 1.82) is 0 Å². The van der Waals surface area contributed by atoms with Crippen molar-refractivity contribution in [3.63, 3.8) is 0 Å². The van der Waals surface area contributed by atoms with Crippen molar-refractivity contribution in [2.24, 2.45) is 0 Å². The van der Waals surface area contributed by atoms with Gasteiger partial charge in [0.25, 0.3) is 0 Å². The van der Waals surface area contributed by atoms with Gasteiger partial charge in [-0.3, -0.25) is 9.59 Å². The maximum atomic E-state index is 11.3. The van der Waals surface area contributed by atoms with Gasteiger partial charge in [0.15, 0.2) is 0 Å². The lowest BCUT2D eigenvalue weighted by Gasteiger charge is -2.22. The van der Waals surface area contributed by atoms with E-state index in [2.05, 4.69) is 9.47 Å². The molecule has 0 amide bonds. The van der Waals surface area contributed by atoms with E-state index in [1.165, 1.54) is 19.1 Å². The number of methoxy groups -OCH3 is 2. The molecule has 0 unspecified atom stereocenters. The molecule has 0 bridgehead atoms. The summed E-state index contributed by atoms with van der Waals surface area (Å²) >= 11 is 0. The Morgan fingerprint density at radius 2 is 1.72 bits per heavy atom. The van der Waals surface area contributed by atoms with Crippen molar-refractivity contribution in [1.82, 2.24) is 0 Å². The van der Waals surface area contributed by atoms with Gasteiger partial charge < -0.3 is 20.1 Å². The predicted octanol–water partition coefficient (Wildman–Crippen LogP) is 0.421. The molecule has 0 aliphatic carbocycles. The second-order valence-electron chi connectivity index (χ2n) is 3.60. The molecule has 1 rings (SSSR count). The molecule has 0 atom stereocenters. The molecule has 0 spiro atoms. The largest absolute Gasteiger partial charge is 0.468 e. The van der Waals surface area contributed by atoms with Crippen LogP contribution in [0.5, 0.6) is 0 Å². The van der Waals surface area contributed by atoms with Gasteiger partial charge in [0.05, 0.1) is 14.2 Å². The Morgan fingerprint density at radius 1 is 1.17 bits per heavy atom. The molecule has 0 aliphatic heterocycles. The summed E-state index contributed by atoms with van der Waals surface area (Å²) in [5.74, 6) is -0.886. The van der Waals surface area contributed by atoms with Crippen molar-refractivity contribution in [2.45, 2.75) is 0 Å². The quantitative estimate of drug-likeness (QED) is 0.604. The van der Waals surface area contributed by atoms with Crippen LogP contribution in [0.4, 0.5) is 11.4 Å². The molecule has 18 heavy (non-hydrogen) atoms. The number of anilines is 2. The van der Waals surface area contributed by atoms with Crippen LogP contribution in [0.2, 0.25) is 0 Å². The SMILES string of the molecule is COC(=O)CN(CC(=O)OC)c1cccc(N)c1. The zero-order valence-corrected chi connectivity index (χ0v) is 10.4. The summed E-state index contributed by atoms with van der Waals surface area (Å²) in [4.78, 5) is 24.1. The number of carbonyl (C=O) groups is 2. The number of esters is 2. The van der Waals surface area contributed by atoms with Gasteiger partial charge in [-0.1, -0.05) is 6.07 Å². The van der Waals surface area contributed by atoms with Crippen molar-refractivity contribution >= 4 is 23.3 Å². The van der Waals surface area contributed by atoms with Gasteiger partial charge in [-0.05, 0) is 18.2 Å². The predicted molar refractivity (Wildman–Crippen MR) is 67.1 cm³/mol. The Bertz CT molecular complexity index is 416. The standard InChI is InChI=1S/C12H16N2O4/c1-17-11(15)7-14(8-12(16)18-2)10-5-3-4-9(13)6-10/h3-6H,7-8,13H2,1-2H3. The van der Waals surface area contributed by atoms with E-state index >= 15 is 0 Å². The van der Waals surface area contributed by atoms with Gasteiger partial charge in [-0.15, -0.1) is 0 Å². The number of ether oxygens (including phenoxy) is 2. The summed E-state index contributed by atoms with van der Waals surface area (Å²) in [5, 5.41) is 0. The van der Waals surface area contributed by atoms with Gasteiger partial charge in [0.1, 0.15) is 13.1 Å². The van der Waals surface area contributed by atoms with Crippen LogP contribution in [0.15, 0.2) is 24.3 Å². The number of benzene rings is 1. The second kappa shape index (κ2) is 6.48. The molecule has 98 valence electrons. The van der Waals surface area contributed by atoms with Crippen LogP contribution in [0, 0.1) is 0 Å². The van der Waals surface area contributed by atoms with Crippen molar-refractivity contribution in [2.75, 3.05) is 37.9 Å². The number of nitrogen functional groups attached to an aromatic ring is 1. The number of nitrogens with zero attached hydrogens (tertiary/aromatic N) is 1. The van der Waals surface area contributed by atoms with Crippen LogP contribution in [-0.2, 0) is 19.1 Å². The third-order valence-electron chi connectivity index (χ3n) is 2.33. The fraction of sp³-hybridized carbons (Fsp3) is 0.333. The molecule has 0 aliphatic rings. The number of hydrogen-bond donors (Lipinski definition) is 1. The topological polar surface area (TPSA) is 81.9 Å². The lowest BCUT2D eigenvalue weighted by atomic mass is 10.2. The number of nitrogens with two attached hydrogens (primary N) is 1. The Morgan fingerprint density at radius 3 is 2.17 bits per heavy atom. The molecule has 2 N–H and O–H groups in total. The molecule has 0 radical (unpaired) electrons. The van der Waals surface area contributed by atoms with E-state index in [9.17, 15) is 9.59 Å². The zero-order chi connectivity index (χ0) is 13.5. The smallest absolute Gasteiger partial charge is 0.325 e. The van der Waals surface area contributed by atoms with Crippen molar-refractivity contribution in [3.05, 3.63) is 24.3 Å². The van der Waals surface area contributed by atoms with Crippen LogP contribution in [-0.4, -0.2) is 39.2 Å². The highest BCUT2D eigenvalue weighted by molar-refractivity contribution is 5.81. The van der Waals surface area contributed by atoms with E-state index in [0.717, 1.165) is 0 Å².